The van der Waals surface area contributed by atoms with Crippen LogP contribution in [0, 0.1) is 11.6 Å². The minimum atomic E-state index is -0.710. The van der Waals surface area contributed by atoms with Crippen molar-refractivity contribution in [1.29, 1.82) is 0 Å². The molecule has 0 saturated carbocycles. The van der Waals surface area contributed by atoms with E-state index in [1.807, 2.05) is 13.0 Å². The lowest BCUT2D eigenvalue weighted by Gasteiger charge is -2.09. The molecule has 0 saturated heterocycles. The van der Waals surface area contributed by atoms with Crippen molar-refractivity contribution in [2.75, 3.05) is 23.7 Å². The largest absolute Gasteiger partial charge is 0.469 e. The Hall–Kier alpha value is -2.11. The standard InChI is InChI=1S/C13H15F2N3O/c1-2-16-12-10(14)8-11(15)13(18-12)17-6-5-9-4-3-7-19-9/h3-4,7-8H,2,5-6H2,1H3,(H2,16,17,18). The molecule has 0 amide bonds. The molecule has 0 fully saturated rings. The van der Waals surface area contributed by atoms with Crippen LogP contribution < -0.4 is 10.6 Å². The van der Waals surface area contributed by atoms with Gasteiger partial charge in [0.15, 0.2) is 23.3 Å². The number of rotatable bonds is 6. The van der Waals surface area contributed by atoms with Crippen molar-refractivity contribution in [1.82, 2.24) is 4.98 Å². The molecule has 4 nitrogen and oxygen atoms in total. The van der Waals surface area contributed by atoms with Gasteiger partial charge in [0.05, 0.1) is 6.26 Å². The predicted octanol–water partition coefficient (Wildman–Crippen LogP) is 3.04. The number of nitrogens with zero attached hydrogens (tertiary/aromatic N) is 1. The van der Waals surface area contributed by atoms with Gasteiger partial charge in [-0.15, -0.1) is 0 Å². The second kappa shape index (κ2) is 6.17. The van der Waals surface area contributed by atoms with Gasteiger partial charge < -0.3 is 15.1 Å². The molecule has 2 aromatic rings. The number of aromatic nitrogens is 1. The average Bonchev–Trinajstić information content (AvgIpc) is 2.88. The predicted molar refractivity (Wildman–Crippen MR) is 69.2 cm³/mol. The number of pyridine rings is 1. The molecule has 0 aliphatic carbocycles. The highest BCUT2D eigenvalue weighted by molar-refractivity contribution is 5.47. The summed E-state index contributed by atoms with van der Waals surface area (Å²) in [6.45, 7) is 2.78. The maximum absolute atomic E-state index is 13.5. The molecular formula is C13H15F2N3O. The highest BCUT2D eigenvalue weighted by atomic mass is 19.1. The molecule has 2 N–H and O–H groups in total. The van der Waals surface area contributed by atoms with E-state index < -0.39 is 11.6 Å². The third kappa shape index (κ3) is 3.43. The van der Waals surface area contributed by atoms with Crippen molar-refractivity contribution in [3.05, 3.63) is 41.9 Å². The summed E-state index contributed by atoms with van der Waals surface area (Å²) in [6, 6.07) is 4.44. The maximum Gasteiger partial charge on any atom is 0.168 e. The van der Waals surface area contributed by atoms with Gasteiger partial charge in [-0.05, 0) is 19.1 Å². The van der Waals surface area contributed by atoms with E-state index in [4.69, 9.17) is 4.42 Å². The molecule has 2 aromatic heterocycles. The minimum absolute atomic E-state index is 0.0314. The zero-order valence-electron chi connectivity index (χ0n) is 10.5. The van der Waals surface area contributed by atoms with Crippen LogP contribution in [-0.2, 0) is 6.42 Å². The van der Waals surface area contributed by atoms with Crippen molar-refractivity contribution in [3.63, 3.8) is 0 Å². The summed E-state index contributed by atoms with van der Waals surface area (Å²) < 4.78 is 32.0. The lowest BCUT2D eigenvalue weighted by molar-refractivity contribution is 0.512. The summed E-state index contributed by atoms with van der Waals surface area (Å²) in [6.07, 6.45) is 2.18. The van der Waals surface area contributed by atoms with Crippen molar-refractivity contribution < 1.29 is 13.2 Å². The van der Waals surface area contributed by atoms with E-state index in [0.717, 1.165) is 11.8 Å². The Bertz CT molecular complexity index is 529. The summed E-state index contributed by atoms with van der Waals surface area (Å²) in [4.78, 5) is 3.88. The monoisotopic (exact) mass is 267 g/mol. The van der Waals surface area contributed by atoms with E-state index in [1.165, 1.54) is 0 Å². The average molecular weight is 267 g/mol. The fraction of sp³-hybridized carbons (Fsp3) is 0.308. The fourth-order valence-corrected chi connectivity index (χ4v) is 1.64. The lowest BCUT2D eigenvalue weighted by atomic mass is 10.3. The summed E-state index contributed by atoms with van der Waals surface area (Å²) in [5.74, 6) is -0.537. The van der Waals surface area contributed by atoms with E-state index in [0.29, 0.717) is 19.5 Å². The number of anilines is 2. The molecular weight excluding hydrogens is 252 g/mol. The molecule has 6 heteroatoms. The molecule has 2 heterocycles. The normalized spacial score (nSPS) is 10.5. The van der Waals surface area contributed by atoms with Gasteiger partial charge >= 0.3 is 0 Å². The number of nitrogens with one attached hydrogen (secondary N) is 2. The molecule has 0 aromatic carbocycles. The van der Waals surface area contributed by atoms with Gasteiger partial charge in [-0.25, -0.2) is 13.8 Å². The second-order valence-electron chi connectivity index (χ2n) is 3.94. The van der Waals surface area contributed by atoms with E-state index in [-0.39, 0.29) is 11.6 Å². The Balaban J connectivity index is 2.00. The number of halogens is 2. The summed E-state index contributed by atoms with van der Waals surface area (Å²) in [5, 5.41) is 5.56. The first-order valence-corrected chi connectivity index (χ1v) is 6.07. The zero-order valence-corrected chi connectivity index (χ0v) is 10.5. The first kappa shape index (κ1) is 13.3. The van der Waals surface area contributed by atoms with Crippen LogP contribution in [0.4, 0.5) is 20.4 Å². The van der Waals surface area contributed by atoms with Crippen molar-refractivity contribution in [2.45, 2.75) is 13.3 Å². The van der Waals surface area contributed by atoms with Gasteiger partial charge in [0.1, 0.15) is 5.76 Å². The van der Waals surface area contributed by atoms with Gasteiger partial charge in [-0.3, -0.25) is 0 Å². The molecule has 102 valence electrons. The molecule has 0 radical (unpaired) electrons. The smallest absolute Gasteiger partial charge is 0.168 e. The van der Waals surface area contributed by atoms with E-state index in [2.05, 4.69) is 15.6 Å². The van der Waals surface area contributed by atoms with Crippen LogP contribution in [0.5, 0.6) is 0 Å². The Morgan fingerprint density at radius 3 is 2.58 bits per heavy atom. The van der Waals surface area contributed by atoms with E-state index >= 15 is 0 Å². The van der Waals surface area contributed by atoms with Gasteiger partial charge in [0.2, 0.25) is 0 Å². The third-order valence-corrected chi connectivity index (χ3v) is 2.52. The molecule has 0 spiro atoms. The number of hydrogen-bond donors (Lipinski definition) is 2. The van der Waals surface area contributed by atoms with E-state index in [9.17, 15) is 8.78 Å². The van der Waals surface area contributed by atoms with Gasteiger partial charge in [0, 0.05) is 25.6 Å². The molecule has 19 heavy (non-hydrogen) atoms. The van der Waals surface area contributed by atoms with Crippen LogP contribution in [0.3, 0.4) is 0 Å². The summed E-state index contributed by atoms with van der Waals surface area (Å²) in [5.41, 5.74) is 0. The van der Waals surface area contributed by atoms with E-state index in [1.54, 1.807) is 12.3 Å². The molecule has 0 unspecified atom stereocenters. The summed E-state index contributed by atoms with van der Waals surface area (Å²) >= 11 is 0. The lowest BCUT2D eigenvalue weighted by Crippen LogP contribution is -2.11. The van der Waals surface area contributed by atoms with Gasteiger partial charge in [-0.2, -0.15) is 0 Å². The highest BCUT2D eigenvalue weighted by Crippen LogP contribution is 2.18. The van der Waals surface area contributed by atoms with Gasteiger partial charge in [-0.1, -0.05) is 0 Å². The van der Waals surface area contributed by atoms with Gasteiger partial charge in [0.25, 0.3) is 0 Å². The topological polar surface area (TPSA) is 50.1 Å². The quantitative estimate of drug-likeness (QED) is 0.844. The van der Waals surface area contributed by atoms with Crippen LogP contribution in [0.1, 0.15) is 12.7 Å². The Kier molecular flexibility index (Phi) is 4.33. The molecule has 2 rings (SSSR count). The van der Waals surface area contributed by atoms with Crippen LogP contribution in [-0.4, -0.2) is 18.1 Å². The number of hydrogen-bond acceptors (Lipinski definition) is 4. The first-order chi connectivity index (χ1) is 9.20. The Morgan fingerprint density at radius 1 is 1.21 bits per heavy atom. The Labute approximate surface area is 109 Å². The maximum atomic E-state index is 13.5. The third-order valence-electron chi connectivity index (χ3n) is 2.52. The second-order valence-corrected chi connectivity index (χ2v) is 3.94. The zero-order chi connectivity index (χ0) is 13.7. The minimum Gasteiger partial charge on any atom is -0.469 e. The SMILES string of the molecule is CCNc1nc(NCCc2ccco2)c(F)cc1F. The first-order valence-electron chi connectivity index (χ1n) is 6.07. The molecule has 0 bridgehead atoms. The molecule has 0 aliphatic rings. The fourth-order valence-electron chi connectivity index (χ4n) is 1.64. The highest BCUT2D eigenvalue weighted by Gasteiger charge is 2.11. The molecule has 0 atom stereocenters. The summed E-state index contributed by atoms with van der Waals surface area (Å²) in [7, 11) is 0. The van der Waals surface area contributed by atoms with Crippen LogP contribution in [0.2, 0.25) is 0 Å². The van der Waals surface area contributed by atoms with Crippen LogP contribution in [0.25, 0.3) is 0 Å². The van der Waals surface area contributed by atoms with Crippen molar-refractivity contribution in [3.8, 4) is 0 Å². The van der Waals surface area contributed by atoms with Crippen LogP contribution >= 0.6 is 0 Å². The Morgan fingerprint density at radius 2 is 1.95 bits per heavy atom. The van der Waals surface area contributed by atoms with Crippen molar-refractivity contribution in [2.24, 2.45) is 0 Å². The molecule has 0 aliphatic heterocycles. The van der Waals surface area contributed by atoms with Crippen molar-refractivity contribution >= 4 is 11.6 Å². The number of furan rings is 1. The van der Waals surface area contributed by atoms with Crippen LogP contribution in [0.15, 0.2) is 28.9 Å².